The molecule has 2 rings (SSSR count). The fraction of sp³-hybridized carbons (Fsp3) is 0. The molecule has 0 radical (unpaired) electrons. The topological polar surface area (TPSA) is 93.6 Å². The molecular weight excluding hydrogens is 248 g/mol. The number of allylic oxidation sites excluding steroid dienone is 1. The molecule has 7 nitrogen and oxygen atoms in total. The van der Waals surface area contributed by atoms with E-state index in [9.17, 15) is 10.1 Å². The number of nitrogens with one attached hydrogen (secondary N) is 1. The number of anilines is 1. The third kappa shape index (κ3) is 3.50. The maximum absolute atomic E-state index is 10.7. The Hall–Kier alpha value is -2.96. The Morgan fingerprint density at radius 3 is 3.05 bits per heavy atom. The van der Waals surface area contributed by atoms with Crippen LogP contribution in [0, 0.1) is 10.1 Å². The van der Waals surface area contributed by atoms with Crippen molar-refractivity contribution in [1.82, 2.24) is 4.98 Å². The standard InChI is InChI=1S/C12H10N4O3/c17-16(18)11-6-2-7-13-12(11)15-14-8-1-4-10-5-3-9-19-10/h1-9H,(H,13,15)/b4-1+,14-8-. The Balaban J connectivity index is 1.97. The highest BCUT2D eigenvalue weighted by molar-refractivity contribution is 5.78. The summed E-state index contributed by atoms with van der Waals surface area (Å²) in [6.07, 6.45) is 7.80. The molecule has 2 aromatic heterocycles. The van der Waals surface area contributed by atoms with Gasteiger partial charge in [0.05, 0.1) is 11.2 Å². The fourth-order valence-electron chi connectivity index (χ4n) is 1.30. The molecule has 0 aliphatic carbocycles. The summed E-state index contributed by atoms with van der Waals surface area (Å²) in [5, 5.41) is 14.5. The largest absolute Gasteiger partial charge is 0.465 e. The second-order valence-corrected chi connectivity index (χ2v) is 3.39. The van der Waals surface area contributed by atoms with Crippen molar-refractivity contribution in [1.29, 1.82) is 0 Å². The highest BCUT2D eigenvalue weighted by Gasteiger charge is 2.12. The first-order valence-corrected chi connectivity index (χ1v) is 5.36. The van der Waals surface area contributed by atoms with E-state index < -0.39 is 4.92 Å². The molecule has 0 aliphatic heterocycles. The van der Waals surface area contributed by atoms with E-state index in [1.807, 2.05) is 0 Å². The van der Waals surface area contributed by atoms with Crippen LogP contribution in [-0.4, -0.2) is 16.1 Å². The van der Waals surface area contributed by atoms with Gasteiger partial charge >= 0.3 is 5.69 Å². The summed E-state index contributed by atoms with van der Waals surface area (Å²) >= 11 is 0. The smallest absolute Gasteiger partial charge is 0.313 e. The zero-order chi connectivity index (χ0) is 13.5. The summed E-state index contributed by atoms with van der Waals surface area (Å²) in [4.78, 5) is 14.0. The van der Waals surface area contributed by atoms with E-state index in [1.54, 1.807) is 30.5 Å². The summed E-state index contributed by atoms with van der Waals surface area (Å²) in [6.45, 7) is 0. The Labute approximate surface area is 108 Å². The lowest BCUT2D eigenvalue weighted by molar-refractivity contribution is -0.384. The van der Waals surface area contributed by atoms with Crippen LogP contribution in [-0.2, 0) is 0 Å². The monoisotopic (exact) mass is 258 g/mol. The van der Waals surface area contributed by atoms with E-state index in [-0.39, 0.29) is 11.5 Å². The average molecular weight is 258 g/mol. The van der Waals surface area contributed by atoms with E-state index in [4.69, 9.17) is 4.42 Å². The van der Waals surface area contributed by atoms with Crippen molar-refractivity contribution in [2.24, 2.45) is 5.10 Å². The Morgan fingerprint density at radius 1 is 1.42 bits per heavy atom. The van der Waals surface area contributed by atoms with Crippen LogP contribution < -0.4 is 5.43 Å². The van der Waals surface area contributed by atoms with Gasteiger partial charge < -0.3 is 4.42 Å². The fourth-order valence-corrected chi connectivity index (χ4v) is 1.30. The van der Waals surface area contributed by atoms with Gasteiger partial charge in [0, 0.05) is 18.5 Å². The number of hydrogen-bond acceptors (Lipinski definition) is 6. The number of rotatable bonds is 5. The van der Waals surface area contributed by atoms with Gasteiger partial charge in [-0.2, -0.15) is 5.10 Å². The summed E-state index contributed by atoms with van der Waals surface area (Å²) in [7, 11) is 0. The molecule has 0 atom stereocenters. The number of hydrazone groups is 1. The first kappa shape index (κ1) is 12.5. The normalized spacial score (nSPS) is 11.2. The highest BCUT2D eigenvalue weighted by Crippen LogP contribution is 2.19. The Bertz CT molecular complexity index is 605. The van der Waals surface area contributed by atoms with E-state index in [1.165, 1.54) is 24.5 Å². The molecule has 0 unspecified atom stereocenters. The number of hydrogen-bond donors (Lipinski definition) is 1. The van der Waals surface area contributed by atoms with Gasteiger partial charge in [0.15, 0.2) is 0 Å². The van der Waals surface area contributed by atoms with Gasteiger partial charge in [-0.3, -0.25) is 15.5 Å². The molecule has 0 saturated carbocycles. The van der Waals surface area contributed by atoms with Crippen LogP contribution in [0.3, 0.4) is 0 Å². The van der Waals surface area contributed by atoms with Crippen LogP contribution in [0.15, 0.2) is 52.3 Å². The molecule has 0 fully saturated rings. The van der Waals surface area contributed by atoms with Crippen molar-refractivity contribution in [3.05, 3.63) is 58.7 Å². The minimum absolute atomic E-state index is 0.0927. The minimum atomic E-state index is -0.524. The number of nitro groups is 1. The van der Waals surface area contributed by atoms with Crippen molar-refractivity contribution in [3.63, 3.8) is 0 Å². The number of aromatic nitrogens is 1. The molecule has 19 heavy (non-hydrogen) atoms. The first-order chi connectivity index (χ1) is 9.27. The van der Waals surface area contributed by atoms with Gasteiger partial charge in [0.2, 0.25) is 5.82 Å². The highest BCUT2D eigenvalue weighted by atomic mass is 16.6. The molecule has 2 heterocycles. The zero-order valence-corrected chi connectivity index (χ0v) is 9.76. The minimum Gasteiger partial charge on any atom is -0.465 e. The van der Waals surface area contributed by atoms with Crippen molar-refractivity contribution < 1.29 is 9.34 Å². The van der Waals surface area contributed by atoms with Crippen molar-refractivity contribution in [2.45, 2.75) is 0 Å². The lowest BCUT2D eigenvalue weighted by atomic mass is 10.4. The quantitative estimate of drug-likeness (QED) is 0.505. The van der Waals surface area contributed by atoms with Gasteiger partial charge in [0.1, 0.15) is 5.76 Å². The molecule has 0 saturated heterocycles. The summed E-state index contributed by atoms with van der Waals surface area (Å²) in [5.41, 5.74) is 2.38. The summed E-state index contributed by atoms with van der Waals surface area (Å²) in [6, 6.07) is 6.40. The third-order valence-electron chi connectivity index (χ3n) is 2.12. The van der Waals surface area contributed by atoms with Crippen LogP contribution in [0.5, 0.6) is 0 Å². The molecule has 0 aromatic carbocycles. The van der Waals surface area contributed by atoms with E-state index in [0.29, 0.717) is 5.76 Å². The molecule has 2 aromatic rings. The predicted octanol–water partition coefficient (Wildman–Crippen LogP) is 2.69. The Morgan fingerprint density at radius 2 is 2.32 bits per heavy atom. The lowest BCUT2D eigenvalue weighted by Crippen LogP contribution is -1.98. The third-order valence-corrected chi connectivity index (χ3v) is 2.12. The molecule has 96 valence electrons. The van der Waals surface area contributed by atoms with E-state index in [2.05, 4.69) is 15.5 Å². The molecule has 1 N–H and O–H groups in total. The summed E-state index contributed by atoms with van der Waals surface area (Å²) in [5.74, 6) is 0.783. The summed E-state index contributed by atoms with van der Waals surface area (Å²) < 4.78 is 5.08. The van der Waals surface area contributed by atoms with Crippen LogP contribution in [0.2, 0.25) is 0 Å². The van der Waals surface area contributed by atoms with E-state index in [0.717, 1.165) is 0 Å². The van der Waals surface area contributed by atoms with Gasteiger partial charge in [-0.05, 0) is 30.4 Å². The van der Waals surface area contributed by atoms with Crippen LogP contribution in [0.1, 0.15) is 5.76 Å². The number of furan rings is 1. The second-order valence-electron chi connectivity index (χ2n) is 3.39. The zero-order valence-electron chi connectivity index (χ0n) is 9.76. The number of pyridine rings is 1. The molecule has 0 aliphatic rings. The molecule has 0 bridgehead atoms. The Kier molecular flexibility index (Phi) is 4.01. The van der Waals surface area contributed by atoms with Gasteiger partial charge in [0.25, 0.3) is 0 Å². The number of nitrogens with zero attached hydrogens (tertiary/aromatic N) is 3. The SMILES string of the molecule is O=[N+]([O-])c1cccnc1N/N=C\C=C\c1ccco1. The molecule has 7 heteroatoms. The molecule has 0 spiro atoms. The lowest BCUT2D eigenvalue weighted by Gasteiger charge is -1.98. The van der Waals surface area contributed by atoms with Crippen LogP contribution in [0.4, 0.5) is 11.5 Å². The van der Waals surface area contributed by atoms with Crippen molar-refractivity contribution >= 4 is 23.8 Å². The average Bonchev–Trinajstić information content (AvgIpc) is 2.92. The molecule has 0 amide bonds. The first-order valence-electron chi connectivity index (χ1n) is 5.36. The second kappa shape index (κ2) is 6.10. The van der Waals surface area contributed by atoms with Crippen molar-refractivity contribution in [3.8, 4) is 0 Å². The van der Waals surface area contributed by atoms with Crippen LogP contribution in [0.25, 0.3) is 6.08 Å². The van der Waals surface area contributed by atoms with E-state index >= 15 is 0 Å². The predicted molar refractivity (Wildman–Crippen MR) is 70.7 cm³/mol. The maximum atomic E-state index is 10.7. The van der Waals surface area contributed by atoms with Gasteiger partial charge in [-0.15, -0.1) is 0 Å². The van der Waals surface area contributed by atoms with Crippen LogP contribution >= 0.6 is 0 Å². The van der Waals surface area contributed by atoms with Gasteiger partial charge in [-0.25, -0.2) is 4.98 Å². The molecular formula is C12H10N4O3. The maximum Gasteiger partial charge on any atom is 0.313 e. The van der Waals surface area contributed by atoms with Gasteiger partial charge in [-0.1, -0.05) is 0 Å². The van der Waals surface area contributed by atoms with Crippen molar-refractivity contribution in [2.75, 3.05) is 5.43 Å².